The van der Waals surface area contributed by atoms with Gasteiger partial charge in [-0.05, 0) is 41.8 Å². The van der Waals surface area contributed by atoms with E-state index in [1.807, 2.05) is 65.3 Å². The number of aromatic nitrogens is 3. The van der Waals surface area contributed by atoms with Gasteiger partial charge in [0.1, 0.15) is 11.5 Å². The quantitative estimate of drug-likeness (QED) is 0.428. The lowest BCUT2D eigenvalue weighted by atomic mass is 9.93. The summed E-state index contributed by atoms with van der Waals surface area (Å²) < 4.78 is 12.7. The number of nitrogens with one attached hydrogen (secondary N) is 2. The number of fused-ring (bicyclic) bond motifs is 1. The van der Waals surface area contributed by atoms with Gasteiger partial charge in [-0.3, -0.25) is 10.1 Å². The normalized spacial score (nSPS) is 16.7. The predicted molar refractivity (Wildman–Crippen MR) is 129 cm³/mol. The number of methoxy groups -OCH3 is 1. The largest absolute Gasteiger partial charge is 0.497 e. The number of ether oxygens (including phenoxy) is 2. The molecule has 5 rings (SSSR count). The Morgan fingerprint density at radius 2 is 1.68 bits per heavy atom. The zero-order valence-corrected chi connectivity index (χ0v) is 18.7. The van der Waals surface area contributed by atoms with E-state index in [4.69, 9.17) is 9.47 Å². The van der Waals surface area contributed by atoms with Crippen LogP contribution in [0.15, 0.2) is 84.9 Å². The molecule has 0 saturated heterocycles. The minimum Gasteiger partial charge on any atom is -0.497 e. The van der Waals surface area contributed by atoms with Gasteiger partial charge >= 0.3 is 0 Å². The topological polar surface area (TPSA) is 90.3 Å². The van der Waals surface area contributed by atoms with Crippen LogP contribution in [0.1, 0.15) is 29.6 Å². The monoisotopic (exact) mass is 455 g/mol. The second-order valence-corrected chi connectivity index (χ2v) is 7.99. The van der Waals surface area contributed by atoms with E-state index in [1.54, 1.807) is 19.2 Å². The first-order chi connectivity index (χ1) is 16.7. The van der Waals surface area contributed by atoms with Crippen LogP contribution in [-0.2, 0) is 4.79 Å². The number of hydrogen-bond acceptors (Lipinski definition) is 6. The van der Waals surface area contributed by atoms with E-state index in [0.717, 1.165) is 23.3 Å². The summed E-state index contributed by atoms with van der Waals surface area (Å²) in [4.78, 5) is 17.0. The molecule has 2 atom stereocenters. The van der Waals surface area contributed by atoms with Crippen LogP contribution in [-0.4, -0.2) is 34.4 Å². The minimum atomic E-state index is -0.324. The number of benzene rings is 3. The van der Waals surface area contributed by atoms with Crippen molar-refractivity contribution in [2.75, 3.05) is 24.4 Å². The summed E-state index contributed by atoms with van der Waals surface area (Å²) in [6, 6.07) is 27.4. The maximum atomic E-state index is 12.4. The molecule has 0 bridgehead atoms. The van der Waals surface area contributed by atoms with Gasteiger partial charge in [-0.25, -0.2) is 4.68 Å². The number of anilines is 2. The highest BCUT2D eigenvalue weighted by Crippen LogP contribution is 2.38. The Balaban J connectivity index is 1.37. The van der Waals surface area contributed by atoms with E-state index in [0.29, 0.717) is 11.7 Å². The summed E-state index contributed by atoms with van der Waals surface area (Å²) in [5.74, 6) is 1.95. The van der Waals surface area contributed by atoms with Gasteiger partial charge in [0, 0.05) is 0 Å². The summed E-state index contributed by atoms with van der Waals surface area (Å²) in [5, 5.41) is 10.8. The lowest BCUT2D eigenvalue weighted by Crippen LogP contribution is -2.28. The van der Waals surface area contributed by atoms with Gasteiger partial charge in [-0.2, -0.15) is 4.98 Å². The Morgan fingerprint density at radius 1 is 0.971 bits per heavy atom. The summed E-state index contributed by atoms with van der Waals surface area (Å²) >= 11 is 0. The van der Waals surface area contributed by atoms with Gasteiger partial charge < -0.3 is 14.8 Å². The number of hydrogen-bond donors (Lipinski definition) is 2. The zero-order chi connectivity index (χ0) is 23.3. The van der Waals surface area contributed by atoms with Crippen LogP contribution < -0.4 is 20.1 Å². The number of nitrogens with zero attached hydrogens (tertiary/aromatic N) is 3. The molecule has 1 aliphatic heterocycles. The fraction of sp³-hybridized carbons (Fsp3) is 0.192. The third kappa shape index (κ3) is 4.71. The third-order valence-corrected chi connectivity index (χ3v) is 5.76. The van der Waals surface area contributed by atoms with E-state index in [2.05, 4.69) is 32.8 Å². The first-order valence-electron chi connectivity index (χ1n) is 11.1. The van der Waals surface area contributed by atoms with Crippen molar-refractivity contribution < 1.29 is 14.3 Å². The Hall–Kier alpha value is -4.33. The molecule has 1 aliphatic rings. The van der Waals surface area contributed by atoms with E-state index in [9.17, 15) is 4.79 Å². The van der Waals surface area contributed by atoms with Crippen molar-refractivity contribution in [2.45, 2.75) is 18.5 Å². The van der Waals surface area contributed by atoms with E-state index < -0.39 is 0 Å². The second-order valence-electron chi connectivity index (χ2n) is 7.99. The van der Waals surface area contributed by atoms with E-state index >= 15 is 0 Å². The van der Waals surface area contributed by atoms with Gasteiger partial charge in [0.2, 0.25) is 5.95 Å². The van der Waals surface area contributed by atoms with Gasteiger partial charge in [-0.15, -0.1) is 5.10 Å². The molecule has 3 aromatic carbocycles. The van der Waals surface area contributed by atoms with Crippen molar-refractivity contribution >= 4 is 17.8 Å². The third-order valence-electron chi connectivity index (χ3n) is 5.76. The summed E-state index contributed by atoms with van der Waals surface area (Å²) in [6.45, 7) is -0.127. The summed E-state index contributed by atoms with van der Waals surface area (Å²) in [6.07, 6.45) is 0.775. The fourth-order valence-corrected chi connectivity index (χ4v) is 4.06. The van der Waals surface area contributed by atoms with Crippen molar-refractivity contribution in [3.8, 4) is 11.5 Å². The Kier molecular flexibility index (Phi) is 6.11. The fourth-order valence-electron chi connectivity index (χ4n) is 4.06. The molecule has 0 unspecified atom stereocenters. The average molecular weight is 456 g/mol. The minimum absolute atomic E-state index is 0.0257. The molecule has 0 saturated carbocycles. The van der Waals surface area contributed by atoms with Gasteiger partial charge in [-0.1, -0.05) is 60.7 Å². The Bertz CT molecular complexity index is 1240. The van der Waals surface area contributed by atoms with Crippen LogP contribution >= 0.6 is 0 Å². The molecule has 0 spiro atoms. The van der Waals surface area contributed by atoms with Crippen molar-refractivity contribution in [1.29, 1.82) is 0 Å². The average Bonchev–Trinajstić information content (AvgIpc) is 3.30. The molecule has 2 N–H and O–H groups in total. The smallest absolute Gasteiger partial charge is 0.264 e. The highest BCUT2D eigenvalue weighted by Gasteiger charge is 2.31. The molecule has 4 aromatic rings. The van der Waals surface area contributed by atoms with Crippen molar-refractivity contribution in [3.05, 3.63) is 96.1 Å². The van der Waals surface area contributed by atoms with Crippen LogP contribution in [0.5, 0.6) is 11.5 Å². The van der Waals surface area contributed by atoms with Crippen molar-refractivity contribution in [3.63, 3.8) is 0 Å². The van der Waals surface area contributed by atoms with Crippen LogP contribution in [0.3, 0.4) is 0 Å². The molecular formula is C26H25N5O3. The number of rotatable bonds is 7. The van der Waals surface area contributed by atoms with Crippen molar-refractivity contribution in [1.82, 2.24) is 14.8 Å². The summed E-state index contributed by atoms with van der Waals surface area (Å²) in [7, 11) is 1.66. The predicted octanol–water partition coefficient (Wildman–Crippen LogP) is 4.45. The summed E-state index contributed by atoms with van der Waals surface area (Å²) in [5.41, 5.74) is 2.25. The van der Waals surface area contributed by atoms with Crippen LogP contribution in [0.25, 0.3) is 0 Å². The molecule has 8 nitrogen and oxygen atoms in total. The van der Waals surface area contributed by atoms with Gasteiger partial charge in [0.15, 0.2) is 6.61 Å². The van der Waals surface area contributed by atoms with Gasteiger partial charge in [0.05, 0.1) is 19.2 Å². The SMILES string of the molecule is COc1ccc([C@H]2C[C@@H](c3ccccc3)n3nc(NC(=O)COc4ccccc4)nc3N2)cc1. The number of carbonyl (C=O) groups is 1. The lowest BCUT2D eigenvalue weighted by Gasteiger charge is -2.31. The van der Waals surface area contributed by atoms with Crippen LogP contribution in [0.4, 0.5) is 11.9 Å². The Labute approximate surface area is 197 Å². The number of amides is 1. The molecule has 172 valence electrons. The Morgan fingerprint density at radius 3 is 2.38 bits per heavy atom. The first kappa shape index (κ1) is 21.5. The maximum absolute atomic E-state index is 12.4. The van der Waals surface area contributed by atoms with Gasteiger partial charge in [0.25, 0.3) is 11.9 Å². The lowest BCUT2D eigenvalue weighted by molar-refractivity contribution is -0.118. The maximum Gasteiger partial charge on any atom is 0.264 e. The van der Waals surface area contributed by atoms with E-state index in [1.165, 1.54) is 0 Å². The van der Waals surface area contributed by atoms with Crippen LogP contribution in [0.2, 0.25) is 0 Å². The first-order valence-corrected chi connectivity index (χ1v) is 11.1. The molecule has 1 amide bonds. The zero-order valence-electron chi connectivity index (χ0n) is 18.7. The molecule has 0 aliphatic carbocycles. The van der Waals surface area contributed by atoms with Crippen LogP contribution in [0, 0.1) is 0 Å². The van der Waals surface area contributed by atoms with E-state index in [-0.39, 0.29) is 30.5 Å². The molecule has 2 heterocycles. The highest BCUT2D eigenvalue weighted by atomic mass is 16.5. The van der Waals surface area contributed by atoms with Crippen molar-refractivity contribution in [2.24, 2.45) is 0 Å². The number of carbonyl (C=O) groups excluding carboxylic acids is 1. The molecule has 0 radical (unpaired) electrons. The standard InChI is InChI=1S/C26H25N5O3/c1-33-20-14-12-18(13-15-20)22-16-23(19-8-4-2-5-9-19)31-26(27-22)29-25(30-31)28-24(32)17-34-21-10-6-3-7-11-21/h2-15,22-23H,16-17H2,1H3,(H2,27,28,29,30,32)/t22-,23+/m1/s1. The molecule has 8 heteroatoms. The number of para-hydroxylation sites is 1. The second kappa shape index (κ2) is 9.66. The molecule has 1 aromatic heterocycles. The highest BCUT2D eigenvalue weighted by molar-refractivity contribution is 5.90. The molecule has 0 fully saturated rings. The molecular weight excluding hydrogens is 430 g/mol. The molecule has 34 heavy (non-hydrogen) atoms.